The molecule has 7 heteroatoms. The topological polar surface area (TPSA) is 49.7 Å². The van der Waals surface area contributed by atoms with Gasteiger partial charge in [0.15, 0.2) is 0 Å². The van der Waals surface area contributed by atoms with Gasteiger partial charge in [-0.2, -0.15) is 13.2 Å². The molecule has 21 heavy (non-hydrogen) atoms. The first kappa shape index (κ1) is 18.0. The molecule has 0 aromatic heterocycles. The zero-order valence-corrected chi connectivity index (χ0v) is 12.7. The molecule has 0 fully saturated rings. The molecule has 0 saturated heterocycles. The molecule has 0 spiro atoms. The maximum Gasteiger partial charge on any atom is 0.491 e. The van der Waals surface area contributed by atoms with Crippen LogP contribution >= 0.6 is 0 Å². The van der Waals surface area contributed by atoms with Crippen LogP contribution in [0.5, 0.6) is 0 Å². The molecule has 2 N–H and O–H groups in total. The van der Waals surface area contributed by atoms with Crippen LogP contribution in [0.4, 0.5) is 13.2 Å². The second kappa shape index (κ2) is 5.63. The van der Waals surface area contributed by atoms with Crippen molar-refractivity contribution in [3.63, 3.8) is 0 Å². The van der Waals surface area contributed by atoms with Crippen molar-refractivity contribution in [1.82, 2.24) is 0 Å². The average Bonchev–Trinajstić information content (AvgIpc) is 2.24. The minimum atomic E-state index is -4.49. The van der Waals surface area contributed by atoms with Gasteiger partial charge in [-0.05, 0) is 46.1 Å². The second-order valence-electron chi connectivity index (χ2n) is 6.17. The van der Waals surface area contributed by atoms with E-state index in [0.29, 0.717) is 5.56 Å². The fourth-order valence-corrected chi connectivity index (χ4v) is 1.61. The lowest BCUT2D eigenvalue weighted by atomic mass is 9.75. The Morgan fingerprint density at radius 1 is 1.05 bits per heavy atom. The van der Waals surface area contributed by atoms with Gasteiger partial charge in [0, 0.05) is 0 Å². The Morgan fingerprint density at radius 3 is 2.00 bits per heavy atom. The van der Waals surface area contributed by atoms with Crippen molar-refractivity contribution in [3.8, 4) is 0 Å². The molecule has 0 atom stereocenters. The summed E-state index contributed by atoms with van der Waals surface area (Å²) in [6, 6.07) is 3.26. The van der Waals surface area contributed by atoms with Gasteiger partial charge in [-0.3, -0.25) is 0 Å². The molecule has 0 unspecified atom stereocenters. The Morgan fingerprint density at radius 2 is 1.57 bits per heavy atom. The predicted molar refractivity (Wildman–Crippen MR) is 75.2 cm³/mol. The quantitative estimate of drug-likeness (QED) is 0.839. The number of aliphatic hydroxyl groups is 1. The molecular weight excluding hydrogens is 284 g/mol. The van der Waals surface area contributed by atoms with E-state index < -0.39 is 30.1 Å². The standard InChI is InChI=1S/C14H20BF3O3/c1-9-6-10(14(16,17)18)8-11(7-9)15(20)21-13(4,5)12(2,3)19/h6-8,19-20H,1-5H3. The van der Waals surface area contributed by atoms with E-state index in [1.165, 1.54) is 26.8 Å². The van der Waals surface area contributed by atoms with Gasteiger partial charge >= 0.3 is 13.3 Å². The average molecular weight is 304 g/mol. The fraction of sp³-hybridized carbons (Fsp3) is 0.571. The molecule has 0 radical (unpaired) electrons. The Balaban J connectivity index is 3.09. The number of hydrogen-bond donors (Lipinski definition) is 2. The summed E-state index contributed by atoms with van der Waals surface area (Å²) < 4.78 is 43.7. The lowest BCUT2D eigenvalue weighted by Crippen LogP contribution is -2.53. The number of alkyl halides is 3. The van der Waals surface area contributed by atoms with Crippen LogP contribution in [0.15, 0.2) is 18.2 Å². The summed E-state index contributed by atoms with van der Waals surface area (Å²) >= 11 is 0. The number of benzene rings is 1. The van der Waals surface area contributed by atoms with Crippen LogP contribution < -0.4 is 5.46 Å². The van der Waals surface area contributed by atoms with E-state index in [-0.39, 0.29) is 5.46 Å². The Labute approximate surface area is 122 Å². The molecule has 0 aliphatic carbocycles. The summed E-state index contributed by atoms with van der Waals surface area (Å²) in [5.74, 6) is 0. The van der Waals surface area contributed by atoms with E-state index in [0.717, 1.165) is 12.1 Å². The third-order valence-electron chi connectivity index (χ3n) is 3.59. The third-order valence-corrected chi connectivity index (χ3v) is 3.59. The largest absolute Gasteiger partial charge is 0.491 e. The highest BCUT2D eigenvalue weighted by Crippen LogP contribution is 2.30. The lowest BCUT2D eigenvalue weighted by Gasteiger charge is -2.38. The molecule has 1 aromatic rings. The number of halogens is 3. The van der Waals surface area contributed by atoms with Crippen molar-refractivity contribution in [2.75, 3.05) is 0 Å². The highest BCUT2D eigenvalue weighted by molar-refractivity contribution is 6.60. The van der Waals surface area contributed by atoms with E-state index in [9.17, 15) is 23.3 Å². The Kier molecular flexibility index (Phi) is 4.82. The van der Waals surface area contributed by atoms with E-state index in [1.54, 1.807) is 13.8 Å². The van der Waals surface area contributed by atoms with Gasteiger partial charge in [0.1, 0.15) is 0 Å². The molecule has 0 aliphatic rings. The first-order valence-corrected chi connectivity index (χ1v) is 6.51. The molecular formula is C14H20BF3O3. The van der Waals surface area contributed by atoms with Crippen molar-refractivity contribution >= 4 is 12.6 Å². The highest BCUT2D eigenvalue weighted by Gasteiger charge is 2.40. The molecule has 0 amide bonds. The molecule has 118 valence electrons. The monoisotopic (exact) mass is 304 g/mol. The second-order valence-corrected chi connectivity index (χ2v) is 6.17. The van der Waals surface area contributed by atoms with E-state index in [1.807, 2.05) is 0 Å². The first-order chi connectivity index (χ1) is 9.24. The lowest BCUT2D eigenvalue weighted by molar-refractivity contribution is -0.137. The van der Waals surface area contributed by atoms with Crippen LogP contribution in [0.1, 0.15) is 38.8 Å². The van der Waals surface area contributed by atoms with Crippen LogP contribution in [-0.2, 0) is 10.8 Å². The van der Waals surface area contributed by atoms with Gasteiger partial charge in [0.05, 0.1) is 16.8 Å². The first-order valence-electron chi connectivity index (χ1n) is 6.51. The number of rotatable bonds is 4. The van der Waals surface area contributed by atoms with Crippen LogP contribution in [0.25, 0.3) is 0 Å². The van der Waals surface area contributed by atoms with Gasteiger partial charge in [-0.1, -0.05) is 17.7 Å². The predicted octanol–water partition coefficient (Wildman–Crippen LogP) is 2.27. The SMILES string of the molecule is Cc1cc(B(O)OC(C)(C)C(C)(C)O)cc(C(F)(F)F)c1. The van der Waals surface area contributed by atoms with Crippen LogP contribution in [0.3, 0.4) is 0 Å². The molecule has 3 nitrogen and oxygen atoms in total. The molecule has 1 aromatic carbocycles. The van der Waals surface area contributed by atoms with Crippen molar-refractivity contribution in [2.45, 2.75) is 52.0 Å². The van der Waals surface area contributed by atoms with Gasteiger partial charge in [-0.15, -0.1) is 0 Å². The molecule has 0 bridgehead atoms. The smallest absolute Gasteiger partial charge is 0.423 e. The van der Waals surface area contributed by atoms with E-state index in [4.69, 9.17) is 4.65 Å². The molecule has 0 aliphatic heterocycles. The number of aryl methyl sites for hydroxylation is 1. The van der Waals surface area contributed by atoms with Crippen molar-refractivity contribution < 1.29 is 28.0 Å². The molecule has 0 heterocycles. The fourth-order valence-electron chi connectivity index (χ4n) is 1.61. The van der Waals surface area contributed by atoms with E-state index in [2.05, 4.69) is 0 Å². The van der Waals surface area contributed by atoms with Gasteiger partial charge in [-0.25, -0.2) is 0 Å². The maximum absolute atomic E-state index is 12.8. The van der Waals surface area contributed by atoms with Crippen LogP contribution in [0.2, 0.25) is 0 Å². The minimum Gasteiger partial charge on any atom is -0.423 e. The minimum absolute atomic E-state index is 0.000324. The highest BCUT2D eigenvalue weighted by atomic mass is 19.4. The summed E-state index contributed by atoms with van der Waals surface area (Å²) in [4.78, 5) is 0. The van der Waals surface area contributed by atoms with Gasteiger partial charge < -0.3 is 14.8 Å². The van der Waals surface area contributed by atoms with Crippen LogP contribution in [0, 0.1) is 6.92 Å². The molecule has 1 rings (SSSR count). The third kappa shape index (κ3) is 4.46. The Bertz CT molecular complexity index is 507. The normalized spacial score (nSPS) is 13.4. The summed E-state index contributed by atoms with van der Waals surface area (Å²) in [7, 11) is -1.56. The van der Waals surface area contributed by atoms with Crippen molar-refractivity contribution in [3.05, 3.63) is 29.3 Å². The van der Waals surface area contributed by atoms with Crippen molar-refractivity contribution in [2.24, 2.45) is 0 Å². The van der Waals surface area contributed by atoms with Crippen molar-refractivity contribution in [1.29, 1.82) is 0 Å². The zero-order valence-electron chi connectivity index (χ0n) is 12.7. The summed E-state index contributed by atoms with van der Waals surface area (Å²) in [5, 5.41) is 20.0. The van der Waals surface area contributed by atoms with Gasteiger partial charge in [0.2, 0.25) is 0 Å². The number of hydrogen-bond acceptors (Lipinski definition) is 3. The van der Waals surface area contributed by atoms with Crippen LogP contribution in [-0.4, -0.2) is 28.5 Å². The summed E-state index contributed by atoms with van der Waals surface area (Å²) in [6.07, 6.45) is -4.49. The maximum atomic E-state index is 12.8. The summed E-state index contributed by atoms with van der Waals surface area (Å²) in [5.41, 5.74) is -2.90. The van der Waals surface area contributed by atoms with E-state index >= 15 is 0 Å². The van der Waals surface area contributed by atoms with Gasteiger partial charge in [0.25, 0.3) is 0 Å². The Hall–Kier alpha value is -1.05. The zero-order chi connectivity index (χ0) is 16.6. The molecule has 0 saturated carbocycles. The summed E-state index contributed by atoms with van der Waals surface area (Å²) in [6.45, 7) is 7.61.